The number of nitrogens with one attached hydrogen (secondary N) is 1. The summed E-state index contributed by atoms with van der Waals surface area (Å²) in [7, 11) is 3.96. The molecule has 1 aliphatic heterocycles. The van der Waals surface area contributed by atoms with Crippen LogP contribution in [0.5, 0.6) is 0 Å². The Morgan fingerprint density at radius 2 is 2.05 bits per heavy atom. The molecule has 0 spiro atoms. The lowest BCUT2D eigenvalue weighted by Crippen LogP contribution is -2.49. The third-order valence-electron chi connectivity index (χ3n) is 4.05. The van der Waals surface area contributed by atoms with Gasteiger partial charge in [0.15, 0.2) is 0 Å². The van der Waals surface area contributed by atoms with Crippen LogP contribution in [0.2, 0.25) is 0 Å². The highest BCUT2D eigenvalue weighted by atomic mass is 19.1. The van der Waals surface area contributed by atoms with Crippen LogP contribution in [0.15, 0.2) is 24.3 Å². The summed E-state index contributed by atoms with van der Waals surface area (Å²) in [5.74, 6) is -0.277. The molecule has 1 fully saturated rings. The molecule has 0 aromatic heterocycles. The average Bonchev–Trinajstić information content (AvgIpc) is 2.71. The Balaban J connectivity index is 2.26. The lowest BCUT2D eigenvalue weighted by atomic mass is 10.0. The van der Waals surface area contributed by atoms with Crippen LogP contribution in [0, 0.1) is 5.82 Å². The molecule has 0 radical (unpaired) electrons. The van der Waals surface area contributed by atoms with E-state index in [0.717, 1.165) is 0 Å². The Kier molecular flexibility index (Phi) is 4.11. The van der Waals surface area contributed by atoms with Crippen LogP contribution >= 0.6 is 0 Å². The van der Waals surface area contributed by atoms with Gasteiger partial charge >= 0.3 is 0 Å². The fourth-order valence-corrected chi connectivity index (χ4v) is 2.25. The van der Waals surface area contributed by atoms with Gasteiger partial charge in [0.1, 0.15) is 12.0 Å². The van der Waals surface area contributed by atoms with E-state index in [-0.39, 0.29) is 30.0 Å². The first-order valence-corrected chi connectivity index (χ1v) is 6.77. The van der Waals surface area contributed by atoms with Gasteiger partial charge in [-0.2, -0.15) is 0 Å². The minimum absolute atomic E-state index is 0.00757. The molecule has 0 aliphatic carbocycles. The molecule has 1 aliphatic rings. The zero-order valence-corrected chi connectivity index (χ0v) is 12.5. The van der Waals surface area contributed by atoms with Gasteiger partial charge in [-0.3, -0.25) is 10.1 Å². The van der Waals surface area contributed by atoms with Gasteiger partial charge in [0.2, 0.25) is 5.91 Å². The highest BCUT2D eigenvalue weighted by Crippen LogP contribution is 2.27. The van der Waals surface area contributed by atoms with Gasteiger partial charge < -0.3 is 9.80 Å². The molecular formula is C15H22FN3O. The van der Waals surface area contributed by atoms with Gasteiger partial charge in [0.05, 0.1) is 6.54 Å². The van der Waals surface area contributed by atoms with Gasteiger partial charge in [-0.25, -0.2) is 4.39 Å². The van der Waals surface area contributed by atoms with Gasteiger partial charge in [0.25, 0.3) is 0 Å². The smallest absolute Gasteiger partial charge is 0.238 e. The highest BCUT2D eigenvalue weighted by Gasteiger charge is 2.37. The molecule has 1 N–H and O–H groups in total. The molecule has 20 heavy (non-hydrogen) atoms. The van der Waals surface area contributed by atoms with E-state index in [2.05, 4.69) is 24.1 Å². The van der Waals surface area contributed by atoms with Crippen molar-refractivity contribution in [2.24, 2.45) is 0 Å². The quantitative estimate of drug-likeness (QED) is 0.909. The van der Waals surface area contributed by atoms with E-state index in [4.69, 9.17) is 0 Å². The number of benzene rings is 1. The maximum Gasteiger partial charge on any atom is 0.238 e. The van der Waals surface area contributed by atoms with E-state index in [1.54, 1.807) is 23.1 Å². The molecule has 5 heteroatoms. The monoisotopic (exact) mass is 279 g/mol. The largest absolute Gasteiger partial charge is 0.320 e. The summed E-state index contributed by atoms with van der Waals surface area (Å²) in [6, 6.07) is 6.60. The first kappa shape index (κ1) is 14.9. The first-order valence-electron chi connectivity index (χ1n) is 6.77. The summed E-state index contributed by atoms with van der Waals surface area (Å²) >= 11 is 0. The van der Waals surface area contributed by atoms with Gasteiger partial charge in [-0.15, -0.1) is 0 Å². The van der Waals surface area contributed by atoms with Gasteiger partial charge in [-0.05, 0) is 34.0 Å². The lowest BCUT2D eigenvalue weighted by Gasteiger charge is -2.38. The maximum absolute atomic E-state index is 13.9. The van der Waals surface area contributed by atoms with Crippen LogP contribution in [0.25, 0.3) is 0 Å². The van der Waals surface area contributed by atoms with Crippen molar-refractivity contribution >= 4 is 5.91 Å². The number of halogens is 1. The molecule has 1 saturated heterocycles. The van der Waals surface area contributed by atoms with Gasteiger partial charge in [0, 0.05) is 17.6 Å². The number of nitrogens with zero attached hydrogens (tertiary/aromatic N) is 2. The molecule has 110 valence electrons. The van der Waals surface area contributed by atoms with Crippen molar-refractivity contribution < 1.29 is 9.18 Å². The molecule has 4 nitrogen and oxygen atoms in total. The third kappa shape index (κ3) is 2.83. The standard InChI is InChI=1S/C15H22FN3O/c1-15(2,18(3)4)10-19-13(20)9-17-14(19)11-7-5-6-8-12(11)16/h5-8,14,17H,9-10H2,1-4H3. The fraction of sp³-hybridized carbons (Fsp3) is 0.533. The predicted octanol–water partition coefficient (Wildman–Crippen LogP) is 1.60. The number of carbonyl (C=O) groups excluding carboxylic acids is 1. The van der Waals surface area contributed by atoms with E-state index >= 15 is 0 Å². The van der Waals surface area contributed by atoms with E-state index < -0.39 is 0 Å². The summed E-state index contributed by atoms with van der Waals surface area (Å²) in [6.07, 6.45) is -0.386. The number of carbonyl (C=O) groups is 1. The Labute approximate surface area is 119 Å². The second-order valence-electron chi connectivity index (χ2n) is 6.03. The minimum Gasteiger partial charge on any atom is -0.320 e. The summed E-state index contributed by atoms with van der Waals surface area (Å²) in [6.45, 7) is 4.93. The topological polar surface area (TPSA) is 35.6 Å². The zero-order valence-electron chi connectivity index (χ0n) is 12.5. The molecule has 0 bridgehead atoms. The molecule has 1 atom stereocenters. The SMILES string of the molecule is CN(C)C(C)(C)CN1C(=O)CNC1c1ccccc1F. The van der Waals surface area contributed by atoms with Crippen LogP contribution in [-0.2, 0) is 4.79 Å². The summed E-state index contributed by atoms with van der Waals surface area (Å²) in [5.41, 5.74) is 0.346. The molecule has 2 rings (SSSR count). The van der Waals surface area contributed by atoms with Crippen LogP contribution in [0.1, 0.15) is 25.6 Å². The van der Waals surface area contributed by atoms with Crippen LogP contribution in [0.4, 0.5) is 4.39 Å². The Bertz CT molecular complexity index is 502. The van der Waals surface area contributed by atoms with Crippen LogP contribution < -0.4 is 5.32 Å². The normalized spacial score (nSPS) is 20.0. The Morgan fingerprint density at radius 1 is 1.40 bits per heavy atom. The van der Waals surface area contributed by atoms with Crippen molar-refractivity contribution in [1.29, 1.82) is 0 Å². The summed E-state index contributed by atoms with van der Waals surface area (Å²) in [4.78, 5) is 15.9. The van der Waals surface area contributed by atoms with Crippen molar-refractivity contribution in [2.75, 3.05) is 27.2 Å². The van der Waals surface area contributed by atoms with E-state index in [0.29, 0.717) is 12.1 Å². The van der Waals surface area contributed by atoms with Crippen LogP contribution in [-0.4, -0.2) is 48.4 Å². The highest BCUT2D eigenvalue weighted by molar-refractivity contribution is 5.81. The van der Waals surface area contributed by atoms with Crippen molar-refractivity contribution in [3.05, 3.63) is 35.6 Å². The predicted molar refractivity (Wildman–Crippen MR) is 76.6 cm³/mol. The van der Waals surface area contributed by atoms with Crippen LogP contribution in [0.3, 0.4) is 0 Å². The first-order chi connectivity index (χ1) is 9.33. The number of hydrogen-bond acceptors (Lipinski definition) is 3. The lowest BCUT2D eigenvalue weighted by molar-refractivity contribution is -0.129. The average molecular weight is 279 g/mol. The molecule has 1 amide bonds. The van der Waals surface area contributed by atoms with Crippen molar-refractivity contribution in [2.45, 2.75) is 25.6 Å². The second-order valence-corrected chi connectivity index (χ2v) is 6.03. The Morgan fingerprint density at radius 3 is 2.65 bits per heavy atom. The molecule has 1 aromatic rings. The molecule has 1 aromatic carbocycles. The number of rotatable bonds is 4. The number of amides is 1. The molecule has 1 unspecified atom stereocenters. The van der Waals surface area contributed by atoms with E-state index in [1.807, 2.05) is 14.1 Å². The Hall–Kier alpha value is -1.46. The van der Waals surface area contributed by atoms with Crippen molar-refractivity contribution in [3.63, 3.8) is 0 Å². The maximum atomic E-state index is 13.9. The zero-order chi connectivity index (χ0) is 14.9. The molecule has 0 saturated carbocycles. The second kappa shape index (κ2) is 5.50. The minimum atomic E-state index is -0.386. The summed E-state index contributed by atoms with van der Waals surface area (Å²) < 4.78 is 13.9. The van der Waals surface area contributed by atoms with Crippen molar-refractivity contribution in [3.8, 4) is 0 Å². The summed E-state index contributed by atoms with van der Waals surface area (Å²) in [5, 5.41) is 3.09. The number of likely N-dealkylation sites (N-methyl/N-ethyl adjacent to an activating group) is 1. The molecule has 1 heterocycles. The van der Waals surface area contributed by atoms with E-state index in [9.17, 15) is 9.18 Å². The third-order valence-corrected chi connectivity index (χ3v) is 4.05. The number of hydrogen-bond donors (Lipinski definition) is 1. The van der Waals surface area contributed by atoms with E-state index in [1.165, 1.54) is 6.07 Å². The van der Waals surface area contributed by atoms with Gasteiger partial charge in [-0.1, -0.05) is 18.2 Å². The fourth-order valence-electron chi connectivity index (χ4n) is 2.25. The molecular weight excluding hydrogens is 257 g/mol. The van der Waals surface area contributed by atoms with Crippen molar-refractivity contribution in [1.82, 2.24) is 15.1 Å².